The molecule has 19 heavy (non-hydrogen) atoms. The van der Waals surface area contributed by atoms with E-state index < -0.39 is 15.7 Å². The Morgan fingerprint density at radius 2 is 1.95 bits per heavy atom. The van der Waals surface area contributed by atoms with E-state index in [9.17, 15) is 13.2 Å². The first-order valence-corrected chi connectivity index (χ1v) is 7.37. The average molecular weight is 279 g/mol. The number of hydrogen-bond acceptors (Lipinski definition) is 4. The van der Waals surface area contributed by atoms with Gasteiger partial charge in [-0.25, -0.2) is 8.42 Å². The molecule has 0 unspecified atom stereocenters. The Bertz CT molecular complexity index is 719. The van der Waals surface area contributed by atoms with Gasteiger partial charge in [0.25, 0.3) is 5.91 Å². The second kappa shape index (κ2) is 4.85. The molecule has 0 bridgehead atoms. The third-order valence-electron chi connectivity index (χ3n) is 2.59. The molecule has 1 aromatic heterocycles. The number of aryl methyl sites for hydroxylation is 1. The Hall–Kier alpha value is -2.15. The van der Waals surface area contributed by atoms with Crippen molar-refractivity contribution in [1.82, 2.24) is 9.78 Å². The van der Waals surface area contributed by atoms with Crippen molar-refractivity contribution >= 4 is 21.4 Å². The number of anilines is 1. The lowest BCUT2D eigenvalue weighted by Gasteiger charge is -2.09. The van der Waals surface area contributed by atoms with E-state index in [1.807, 2.05) is 0 Å². The monoisotopic (exact) mass is 279 g/mol. The summed E-state index contributed by atoms with van der Waals surface area (Å²) < 4.78 is 24.7. The van der Waals surface area contributed by atoms with Crippen molar-refractivity contribution < 1.29 is 13.2 Å². The number of amides is 1. The molecule has 1 aromatic carbocycles. The zero-order valence-electron chi connectivity index (χ0n) is 10.5. The third-order valence-corrected chi connectivity index (χ3v) is 3.74. The van der Waals surface area contributed by atoms with Crippen molar-refractivity contribution in [3.8, 4) is 0 Å². The number of carbonyl (C=O) groups excluding carboxylic acids is 1. The number of carbonyl (C=O) groups is 1. The van der Waals surface area contributed by atoms with E-state index in [2.05, 4.69) is 10.4 Å². The fourth-order valence-corrected chi connectivity index (χ4v) is 2.52. The number of hydrogen-bond donors (Lipinski definition) is 1. The van der Waals surface area contributed by atoms with Gasteiger partial charge >= 0.3 is 0 Å². The first-order valence-electron chi connectivity index (χ1n) is 5.48. The Labute approximate surface area is 111 Å². The topological polar surface area (TPSA) is 81.1 Å². The van der Waals surface area contributed by atoms with E-state index in [0.717, 1.165) is 6.26 Å². The molecule has 0 saturated heterocycles. The molecular formula is C12H13N3O3S. The summed E-state index contributed by atoms with van der Waals surface area (Å²) in [5.74, 6) is -0.406. The van der Waals surface area contributed by atoms with Crippen LogP contribution in [0.3, 0.4) is 0 Å². The maximum Gasteiger partial charge on any atom is 0.273 e. The van der Waals surface area contributed by atoms with E-state index in [1.54, 1.807) is 31.3 Å². The molecule has 0 spiro atoms. The quantitative estimate of drug-likeness (QED) is 0.911. The van der Waals surface area contributed by atoms with Gasteiger partial charge in [-0.2, -0.15) is 5.10 Å². The first-order chi connectivity index (χ1) is 8.89. The smallest absolute Gasteiger partial charge is 0.273 e. The summed E-state index contributed by atoms with van der Waals surface area (Å²) in [6.45, 7) is 0. The fourth-order valence-electron chi connectivity index (χ4n) is 1.68. The molecule has 0 atom stereocenters. The number of nitrogens with zero attached hydrogens (tertiary/aromatic N) is 2. The summed E-state index contributed by atoms with van der Waals surface area (Å²) in [6, 6.07) is 7.82. The normalized spacial score (nSPS) is 11.3. The number of nitrogens with one attached hydrogen (secondary N) is 1. The minimum atomic E-state index is -3.40. The molecule has 1 amide bonds. The van der Waals surface area contributed by atoms with Crippen molar-refractivity contribution in [1.29, 1.82) is 0 Å². The zero-order valence-corrected chi connectivity index (χ0v) is 11.3. The predicted molar refractivity (Wildman–Crippen MR) is 70.7 cm³/mol. The highest BCUT2D eigenvalue weighted by atomic mass is 32.2. The van der Waals surface area contributed by atoms with Crippen LogP contribution in [0.1, 0.15) is 10.5 Å². The van der Waals surface area contributed by atoms with Crippen molar-refractivity contribution in [2.75, 3.05) is 11.6 Å². The standard InChI is InChI=1S/C12H13N3O3S/c1-15-10(7-8-13-15)12(16)14-9-5-3-4-6-11(9)19(2,17)18/h3-8H,1-2H3,(H,14,16). The van der Waals surface area contributed by atoms with Crippen molar-refractivity contribution in [3.05, 3.63) is 42.2 Å². The zero-order chi connectivity index (χ0) is 14.0. The highest BCUT2D eigenvalue weighted by molar-refractivity contribution is 7.90. The van der Waals surface area contributed by atoms with E-state index >= 15 is 0 Å². The van der Waals surface area contributed by atoms with Gasteiger partial charge in [0.05, 0.1) is 10.6 Å². The third kappa shape index (κ3) is 2.82. The maximum absolute atomic E-state index is 12.0. The van der Waals surface area contributed by atoms with Crippen LogP contribution < -0.4 is 5.32 Å². The lowest BCUT2D eigenvalue weighted by molar-refractivity contribution is 0.101. The summed E-state index contributed by atoms with van der Waals surface area (Å²) in [6.07, 6.45) is 2.60. The van der Waals surface area contributed by atoms with Crippen LogP contribution in [0.4, 0.5) is 5.69 Å². The predicted octanol–water partition coefficient (Wildman–Crippen LogP) is 1.08. The highest BCUT2D eigenvalue weighted by Crippen LogP contribution is 2.21. The summed E-state index contributed by atoms with van der Waals surface area (Å²) >= 11 is 0. The molecule has 0 aliphatic rings. The van der Waals surface area contributed by atoms with Crippen molar-refractivity contribution in [2.45, 2.75) is 4.90 Å². The maximum atomic E-state index is 12.0. The van der Waals surface area contributed by atoms with Gasteiger partial charge in [0.15, 0.2) is 9.84 Å². The lowest BCUT2D eigenvalue weighted by atomic mass is 10.3. The summed E-state index contributed by atoms with van der Waals surface area (Å²) in [4.78, 5) is 12.1. The molecule has 0 radical (unpaired) electrons. The second-order valence-electron chi connectivity index (χ2n) is 4.06. The number of aromatic nitrogens is 2. The van der Waals surface area contributed by atoms with Crippen LogP contribution in [0.2, 0.25) is 0 Å². The molecule has 1 N–H and O–H groups in total. The largest absolute Gasteiger partial charge is 0.319 e. The van der Waals surface area contributed by atoms with Gasteiger partial charge in [0, 0.05) is 19.5 Å². The average Bonchev–Trinajstić information content (AvgIpc) is 2.75. The second-order valence-corrected chi connectivity index (χ2v) is 6.05. The Morgan fingerprint density at radius 3 is 2.53 bits per heavy atom. The van der Waals surface area contributed by atoms with Crippen LogP contribution in [0, 0.1) is 0 Å². The lowest BCUT2D eigenvalue weighted by Crippen LogP contribution is -2.17. The van der Waals surface area contributed by atoms with Crippen LogP contribution >= 0.6 is 0 Å². The van der Waals surface area contributed by atoms with Gasteiger partial charge in [0.1, 0.15) is 5.69 Å². The Kier molecular flexibility index (Phi) is 3.39. The minimum Gasteiger partial charge on any atom is -0.319 e. The summed E-state index contributed by atoms with van der Waals surface area (Å²) in [5.41, 5.74) is 0.611. The van der Waals surface area contributed by atoms with Crippen LogP contribution in [0.5, 0.6) is 0 Å². The molecule has 100 valence electrons. The van der Waals surface area contributed by atoms with Gasteiger partial charge in [-0.15, -0.1) is 0 Å². The molecule has 2 aromatic rings. The molecule has 0 fully saturated rings. The van der Waals surface area contributed by atoms with Crippen molar-refractivity contribution in [2.24, 2.45) is 7.05 Å². The van der Waals surface area contributed by atoms with Gasteiger partial charge in [-0.3, -0.25) is 9.48 Å². The van der Waals surface area contributed by atoms with E-state index in [1.165, 1.54) is 16.9 Å². The molecule has 2 rings (SSSR count). The highest BCUT2D eigenvalue weighted by Gasteiger charge is 2.16. The van der Waals surface area contributed by atoms with Gasteiger partial charge in [-0.1, -0.05) is 12.1 Å². The molecular weight excluding hydrogens is 266 g/mol. The van der Waals surface area contributed by atoms with Gasteiger partial charge in [0.2, 0.25) is 0 Å². The van der Waals surface area contributed by atoms with E-state index in [4.69, 9.17) is 0 Å². The fraction of sp³-hybridized carbons (Fsp3) is 0.167. The number of rotatable bonds is 3. The molecule has 1 heterocycles. The molecule has 7 heteroatoms. The van der Waals surface area contributed by atoms with Gasteiger partial charge in [-0.05, 0) is 18.2 Å². The Balaban J connectivity index is 2.35. The molecule has 0 saturated carbocycles. The summed E-state index contributed by atoms with van der Waals surface area (Å²) in [7, 11) is -1.76. The first kappa shape index (κ1) is 13.3. The SMILES string of the molecule is Cn1nccc1C(=O)Nc1ccccc1S(C)(=O)=O. The van der Waals surface area contributed by atoms with Crippen molar-refractivity contribution in [3.63, 3.8) is 0 Å². The van der Waals surface area contributed by atoms with Gasteiger partial charge < -0.3 is 5.32 Å². The molecule has 0 aliphatic heterocycles. The molecule has 6 nitrogen and oxygen atoms in total. The minimum absolute atomic E-state index is 0.0884. The van der Waals surface area contributed by atoms with E-state index in [0.29, 0.717) is 5.69 Å². The number of benzene rings is 1. The summed E-state index contributed by atoms with van der Waals surface area (Å²) in [5, 5.41) is 6.47. The van der Waals surface area contributed by atoms with E-state index in [-0.39, 0.29) is 10.6 Å². The molecule has 0 aliphatic carbocycles. The number of para-hydroxylation sites is 1. The Morgan fingerprint density at radius 1 is 1.26 bits per heavy atom. The number of sulfone groups is 1. The van der Waals surface area contributed by atoms with Crippen LogP contribution in [-0.2, 0) is 16.9 Å². The van der Waals surface area contributed by atoms with Crippen LogP contribution in [-0.4, -0.2) is 30.4 Å². The van der Waals surface area contributed by atoms with Crippen LogP contribution in [0.15, 0.2) is 41.4 Å². The van der Waals surface area contributed by atoms with Crippen LogP contribution in [0.25, 0.3) is 0 Å².